The number of nitrogens with one attached hydrogen (secondary N) is 1. The fraction of sp³-hybridized carbons (Fsp3) is 0.294. The van der Waals surface area contributed by atoms with Crippen LogP contribution in [0.2, 0.25) is 0 Å². The maximum atomic E-state index is 4.56. The molecule has 3 nitrogen and oxygen atoms in total. The molecule has 3 aromatic rings. The lowest BCUT2D eigenvalue weighted by Crippen LogP contribution is -2.17. The van der Waals surface area contributed by atoms with Crippen LogP contribution in [0.4, 0.5) is 0 Å². The van der Waals surface area contributed by atoms with Gasteiger partial charge in [0, 0.05) is 29.9 Å². The zero-order chi connectivity index (χ0) is 15.5. The Bertz CT molecular complexity index is 743. The van der Waals surface area contributed by atoms with Gasteiger partial charge in [0.25, 0.3) is 0 Å². The van der Waals surface area contributed by atoms with Crippen molar-refractivity contribution in [3.8, 4) is 10.6 Å². The van der Waals surface area contributed by atoms with E-state index in [2.05, 4.69) is 51.2 Å². The number of aromatic nitrogens is 2. The Labute approximate surface area is 139 Å². The standard InChI is InChI=1S/C17H19N3S2/c1-11-4-5-14(7-18-11)8-19-12(2)15-6-17(22-9-15)16-10-21-13(3)20-16/h4-7,9-10,12,19H,8H2,1-3H3. The van der Waals surface area contributed by atoms with Crippen molar-refractivity contribution in [1.82, 2.24) is 15.3 Å². The summed E-state index contributed by atoms with van der Waals surface area (Å²) in [5.41, 5.74) is 4.67. The largest absolute Gasteiger partial charge is 0.306 e. The van der Waals surface area contributed by atoms with Gasteiger partial charge < -0.3 is 5.32 Å². The van der Waals surface area contributed by atoms with Crippen LogP contribution in [0, 0.1) is 13.8 Å². The lowest BCUT2D eigenvalue weighted by atomic mass is 10.1. The molecule has 1 atom stereocenters. The van der Waals surface area contributed by atoms with Crippen LogP contribution >= 0.6 is 22.7 Å². The topological polar surface area (TPSA) is 37.8 Å². The summed E-state index contributed by atoms with van der Waals surface area (Å²) in [6.07, 6.45) is 1.94. The molecule has 22 heavy (non-hydrogen) atoms. The predicted molar refractivity (Wildman–Crippen MR) is 94.4 cm³/mol. The Morgan fingerprint density at radius 2 is 2.05 bits per heavy atom. The van der Waals surface area contributed by atoms with Crippen molar-refractivity contribution < 1.29 is 0 Å². The number of pyridine rings is 1. The van der Waals surface area contributed by atoms with Crippen LogP contribution in [0.15, 0.2) is 35.2 Å². The highest BCUT2D eigenvalue weighted by Crippen LogP contribution is 2.30. The highest BCUT2D eigenvalue weighted by molar-refractivity contribution is 7.14. The van der Waals surface area contributed by atoms with Gasteiger partial charge in [-0.3, -0.25) is 4.98 Å². The van der Waals surface area contributed by atoms with Crippen molar-refractivity contribution in [2.24, 2.45) is 0 Å². The molecular formula is C17H19N3S2. The Balaban J connectivity index is 1.64. The molecule has 1 N–H and O–H groups in total. The van der Waals surface area contributed by atoms with Gasteiger partial charge in [0.05, 0.1) is 15.6 Å². The second-order valence-electron chi connectivity index (χ2n) is 5.41. The second-order valence-corrected chi connectivity index (χ2v) is 7.38. The predicted octanol–water partition coefficient (Wildman–Crippen LogP) is 4.73. The lowest BCUT2D eigenvalue weighted by molar-refractivity contribution is 0.575. The van der Waals surface area contributed by atoms with Gasteiger partial charge in [0.2, 0.25) is 0 Å². The summed E-state index contributed by atoms with van der Waals surface area (Å²) >= 11 is 3.46. The van der Waals surface area contributed by atoms with Gasteiger partial charge in [-0.25, -0.2) is 4.98 Å². The summed E-state index contributed by atoms with van der Waals surface area (Å²) in [6.45, 7) is 7.07. The Hall–Kier alpha value is -1.56. The van der Waals surface area contributed by atoms with E-state index in [4.69, 9.17) is 0 Å². The minimum absolute atomic E-state index is 0.311. The number of rotatable bonds is 5. The van der Waals surface area contributed by atoms with Gasteiger partial charge in [-0.1, -0.05) is 6.07 Å². The average molecular weight is 329 g/mol. The maximum Gasteiger partial charge on any atom is 0.0914 e. The molecule has 3 aromatic heterocycles. The molecule has 0 fully saturated rings. The van der Waals surface area contributed by atoms with Crippen LogP contribution < -0.4 is 5.32 Å². The van der Waals surface area contributed by atoms with E-state index in [0.29, 0.717) is 6.04 Å². The van der Waals surface area contributed by atoms with Crippen LogP contribution in [-0.2, 0) is 6.54 Å². The Kier molecular flexibility index (Phi) is 4.66. The molecular weight excluding hydrogens is 310 g/mol. The minimum atomic E-state index is 0.311. The maximum absolute atomic E-state index is 4.56. The summed E-state index contributed by atoms with van der Waals surface area (Å²) in [4.78, 5) is 10.1. The minimum Gasteiger partial charge on any atom is -0.306 e. The van der Waals surface area contributed by atoms with E-state index in [0.717, 1.165) is 22.9 Å². The van der Waals surface area contributed by atoms with E-state index in [1.54, 1.807) is 22.7 Å². The molecule has 5 heteroatoms. The molecule has 0 bridgehead atoms. The van der Waals surface area contributed by atoms with E-state index >= 15 is 0 Å². The SMILES string of the molecule is Cc1ccc(CNC(C)c2csc(-c3csc(C)n3)c2)cn1. The van der Waals surface area contributed by atoms with Gasteiger partial charge in [-0.05, 0) is 49.4 Å². The first kappa shape index (κ1) is 15.3. The highest BCUT2D eigenvalue weighted by atomic mass is 32.1. The molecule has 0 saturated carbocycles. The molecule has 0 spiro atoms. The fourth-order valence-corrected chi connectivity index (χ4v) is 3.83. The molecule has 0 aromatic carbocycles. The van der Waals surface area contributed by atoms with Crippen LogP contribution in [0.5, 0.6) is 0 Å². The smallest absolute Gasteiger partial charge is 0.0914 e. The molecule has 0 saturated heterocycles. The molecule has 0 radical (unpaired) electrons. The quantitative estimate of drug-likeness (QED) is 0.735. The van der Waals surface area contributed by atoms with E-state index in [1.807, 2.05) is 20.0 Å². The molecule has 0 amide bonds. The summed E-state index contributed by atoms with van der Waals surface area (Å²) in [5, 5.41) is 9.01. The van der Waals surface area contributed by atoms with E-state index in [9.17, 15) is 0 Å². The lowest BCUT2D eigenvalue weighted by Gasteiger charge is -2.12. The summed E-state index contributed by atoms with van der Waals surface area (Å²) in [6, 6.07) is 6.73. The highest BCUT2D eigenvalue weighted by Gasteiger charge is 2.10. The van der Waals surface area contributed by atoms with Crippen molar-refractivity contribution in [3.63, 3.8) is 0 Å². The number of thiophene rings is 1. The first-order chi connectivity index (χ1) is 10.6. The first-order valence-corrected chi connectivity index (χ1v) is 9.03. The van der Waals surface area contributed by atoms with Gasteiger partial charge in [0.15, 0.2) is 0 Å². The van der Waals surface area contributed by atoms with Gasteiger partial charge in [-0.15, -0.1) is 22.7 Å². The monoisotopic (exact) mass is 329 g/mol. The molecule has 3 heterocycles. The van der Waals surface area contributed by atoms with Crippen LogP contribution in [-0.4, -0.2) is 9.97 Å². The molecule has 0 aliphatic heterocycles. The number of nitrogens with zero attached hydrogens (tertiary/aromatic N) is 2. The number of thiazole rings is 1. The summed E-state index contributed by atoms with van der Waals surface area (Å²) in [5.74, 6) is 0. The number of aryl methyl sites for hydroxylation is 2. The van der Waals surface area contributed by atoms with Gasteiger partial charge in [-0.2, -0.15) is 0 Å². The normalized spacial score (nSPS) is 12.5. The van der Waals surface area contributed by atoms with Crippen molar-refractivity contribution in [2.45, 2.75) is 33.4 Å². The van der Waals surface area contributed by atoms with E-state index < -0.39 is 0 Å². The van der Waals surface area contributed by atoms with Gasteiger partial charge in [0.1, 0.15) is 0 Å². The number of hydrogen-bond acceptors (Lipinski definition) is 5. The molecule has 1 unspecified atom stereocenters. The third kappa shape index (κ3) is 3.61. The molecule has 0 aliphatic rings. The van der Waals surface area contributed by atoms with Gasteiger partial charge >= 0.3 is 0 Å². The van der Waals surface area contributed by atoms with E-state index in [-0.39, 0.29) is 0 Å². The van der Waals surface area contributed by atoms with Crippen LogP contribution in [0.1, 0.15) is 34.8 Å². The summed E-state index contributed by atoms with van der Waals surface area (Å²) in [7, 11) is 0. The Morgan fingerprint density at radius 3 is 2.73 bits per heavy atom. The van der Waals surface area contributed by atoms with E-state index in [1.165, 1.54) is 16.0 Å². The van der Waals surface area contributed by atoms with Crippen molar-refractivity contribution in [2.75, 3.05) is 0 Å². The van der Waals surface area contributed by atoms with Crippen LogP contribution in [0.3, 0.4) is 0 Å². The third-order valence-electron chi connectivity index (χ3n) is 3.58. The molecule has 3 rings (SSSR count). The Morgan fingerprint density at radius 1 is 1.18 bits per heavy atom. The second kappa shape index (κ2) is 6.69. The molecule has 114 valence electrons. The van der Waals surface area contributed by atoms with Crippen LogP contribution in [0.25, 0.3) is 10.6 Å². The number of hydrogen-bond donors (Lipinski definition) is 1. The average Bonchev–Trinajstić information content (AvgIpc) is 3.15. The first-order valence-electron chi connectivity index (χ1n) is 7.27. The fourth-order valence-electron chi connectivity index (χ4n) is 2.18. The zero-order valence-corrected chi connectivity index (χ0v) is 14.6. The van der Waals surface area contributed by atoms with Crippen molar-refractivity contribution in [3.05, 3.63) is 57.0 Å². The molecule has 0 aliphatic carbocycles. The van der Waals surface area contributed by atoms with Crippen molar-refractivity contribution in [1.29, 1.82) is 0 Å². The summed E-state index contributed by atoms with van der Waals surface area (Å²) < 4.78 is 0. The zero-order valence-electron chi connectivity index (χ0n) is 13.0. The third-order valence-corrected chi connectivity index (χ3v) is 5.32. The van der Waals surface area contributed by atoms with Crippen molar-refractivity contribution >= 4 is 22.7 Å².